The Bertz CT molecular complexity index is 516. The fraction of sp³-hybridized carbons (Fsp3) is 1.00. The molecule has 1 spiro atoms. The van der Waals surface area contributed by atoms with Crippen LogP contribution < -0.4 is 0 Å². The maximum atomic E-state index is 12.0. The summed E-state index contributed by atoms with van der Waals surface area (Å²) in [5.74, 6) is 0. The SMILES string of the molecule is CS(=O)(=O)N1C[C@@H]2COCCN2C2(CN(C3COC3)C2)C1. The van der Waals surface area contributed by atoms with Crippen molar-refractivity contribution < 1.29 is 17.9 Å². The topological polar surface area (TPSA) is 62.3 Å². The summed E-state index contributed by atoms with van der Waals surface area (Å²) in [7, 11) is -3.15. The lowest BCUT2D eigenvalue weighted by Gasteiger charge is -2.64. The van der Waals surface area contributed by atoms with Crippen LogP contribution in [0, 0.1) is 0 Å². The molecule has 0 unspecified atom stereocenters. The third-order valence-corrected chi connectivity index (χ3v) is 6.54. The molecule has 0 saturated carbocycles. The molecule has 0 aliphatic carbocycles. The zero-order valence-corrected chi connectivity index (χ0v) is 13.2. The number of piperazine rings is 1. The molecule has 4 heterocycles. The molecule has 4 rings (SSSR count). The average Bonchev–Trinajstić information content (AvgIpc) is 2.33. The Morgan fingerprint density at radius 1 is 1.05 bits per heavy atom. The Morgan fingerprint density at radius 2 is 1.76 bits per heavy atom. The lowest BCUT2D eigenvalue weighted by molar-refractivity contribution is -0.188. The van der Waals surface area contributed by atoms with Crippen LogP contribution in [-0.2, 0) is 19.5 Å². The summed E-state index contributed by atoms with van der Waals surface area (Å²) in [4.78, 5) is 4.94. The summed E-state index contributed by atoms with van der Waals surface area (Å²) in [5, 5.41) is 0. The third kappa shape index (κ3) is 2.32. The fourth-order valence-corrected chi connectivity index (χ4v) is 5.00. The normalized spacial score (nSPS) is 35.2. The van der Waals surface area contributed by atoms with Crippen LogP contribution in [0.2, 0.25) is 0 Å². The molecular weight excluding hydrogens is 294 g/mol. The first-order valence-electron chi connectivity index (χ1n) is 7.59. The van der Waals surface area contributed by atoms with Gasteiger partial charge in [0.25, 0.3) is 0 Å². The zero-order valence-electron chi connectivity index (χ0n) is 12.4. The molecule has 8 heteroatoms. The van der Waals surface area contributed by atoms with Crippen LogP contribution in [0.3, 0.4) is 0 Å². The predicted molar refractivity (Wildman–Crippen MR) is 76.6 cm³/mol. The Morgan fingerprint density at radius 3 is 2.38 bits per heavy atom. The molecule has 0 radical (unpaired) electrons. The second-order valence-corrected chi connectivity index (χ2v) is 8.78. The summed E-state index contributed by atoms with van der Waals surface area (Å²) in [6, 6.07) is 0.728. The monoisotopic (exact) mass is 317 g/mol. The molecule has 120 valence electrons. The summed E-state index contributed by atoms with van der Waals surface area (Å²) in [5.41, 5.74) is -0.0225. The van der Waals surface area contributed by atoms with Gasteiger partial charge in [0.15, 0.2) is 0 Å². The van der Waals surface area contributed by atoms with Crippen molar-refractivity contribution in [2.45, 2.75) is 17.6 Å². The van der Waals surface area contributed by atoms with Crippen LogP contribution in [-0.4, -0.2) is 106 Å². The van der Waals surface area contributed by atoms with E-state index in [2.05, 4.69) is 9.80 Å². The molecule has 0 aromatic carbocycles. The fourth-order valence-electron chi connectivity index (χ4n) is 4.09. The molecule has 7 nitrogen and oxygen atoms in total. The highest BCUT2D eigenvalue weighted by Gasteiger charge is 2.57. The minimum Gasteiger partial charge on any atom is -0.378 e. The molecule has 4 aliphatic rings. The first-order valence-corrected chi connectivity index (χ1v) is 9.44. The number of rotatable bonds is 2. The van der Waals surface area contributed by atoms with Crippen LogP contribution in [0.1, 0.15) is 0 Å². The van der Waals surface area contributed by atoms with Crippen molar-refractivity contribution in [3.8, 4) is 0 Å². The van der Waals surface area contributed by atoms with Crippen molar-refractivity contribution in [3.05, 3.63) is 0 Å². The van der Waals surface area contributed by atoms with Gasteiger partial charge in [-0.3, -0.25) is 9.80 Å². The van der Waals surface area contributed by atoms with E-state index >= 15 is 0 Å². The first kappa shape index (κ1) is 14.3. The number of hydrogen-bond acceptors (Lipinski definition) is 6. The van der Waals surface area contributed by atoms with E-state index < -0.39 is 10.0 Å². The molecule has 4 fully saturated rings. The van der Waals surface area contributed by atoms with Crippen LogP contribution in [0.5, 0.6) is 0 Å². The van der Waals surface area contributed by atoms with Crippen LogP contribution in [0.15, 0.2) is 0 Å². The largest absolute Gasteiger partial charge is 0.378 e. The Balaban J connectivity index is 1.55. The molecule has 4 saturated heterocycles. The van der Waals surface area contributed by atoms with Gasteiger partial charge in [0, 0.05) is 38.8 Å². The Hall–Kier alpha value is -0.250. The summed E-state index contributed by atoms with van der Waals surface area (Å²) >= 11 is 0. The highest BCUT2D eigenvalue weighted by Crippen LogP contribution is 2.38. The standard InChI is InChI=1S/C13H23N3O4S/c1-21(17,18)15-4-11-5-19-3-2-16(11)13(10-15)8-14(9-13)12-6-20-7-12/h11-12H,2-10H2,1H3/t11-/m1/s1. The summed E-state index contributed by atoms with van der Waals surface area (Å²) in [6.07, 6.45) is 1.32. The van der Waals surface area contributed by atoms with E-state index in [4.69, 9.17) is 9.47 Å². The summed E-state index contributed by atoms with van der Waals surface area (Å²) in [6.45, 7) is 7.02. The number of ether oxygens (including phenoxy) is 2. The van der Waals surface area contributed by atoms with Crippen LogP contribution >= 0.6 is 0 Å². The number of morpholine rings is 1. The predicted octanol–water partition coefficient (Wildman–Crippen LogP) is -1.58. The van der Waals surface area contributed by atoms with Crippen LogP contribution in [0.4, 0.5) is 0 Å². The lowest BCUT2D eigenvalue weighted by Crippen LogP contribution is -2.82. The average molecular weight is 317 g/mol. The first-order chi connectivity index (χ1) is 9.98. The minimum absolute atomic E-state index is 0.0225. The number of sulfonamides is 1. The van der Waals surface area contributed by atoms with E-state index in [0.717, 1.165) is 39.5 Å². The highest BCUT2D eigenvalue weighted by molar-refractivity contribution is 7.88. The van der Waals surface area contributed by atoms with Crippen LogP contribution in [0.25, 0.3) is 0 Å². The van der Waals surface area contributed by atoms with E-state index in [1.54, 1.807) is 4.31 Å². The molecule has 0 N–H and O–H groups in total. The van der Waals surface area contributed by atoms with Gasteiger partial charge >= 0.3 is 0 Å². The van der Waals surface area contributed by atoms with Crippen molar-refractivity contribution in [1.82, 2.24) is 14.1 Å². The van der Waals surface area contributed by atoms with Crippen molar-refractivity contribution in [3.63, 3.8) is 0 Å². The second kappa shape index (κ2) is 4.87. The number of likely N-dealkylation sites (tertiary alicyclic amines) is 1. The number of hydrogen-bond donors (Lipinski definition) is 0. The van der Waals surface area contributed by atoms with E-state index in [-0.39, 0.29) is 11.6 Å². The van der Waals surface area contributed by atoms with Gasteiger partial charge < -0.3 is 9.47 Å². The van der Waals surface area contributed by atoms with E-state index in [9.17, 15) is 8.42 Å². The quantitative estimate of drug-likeness (QED) is 0.612. The number of nitrogens with zero attached hydrogens (tertiary/aromatic N) is 3. The smallest absolute Gasteiger partial charge is 0.211 e. The molecule has 4 aliphatic heterocycles. The van der Waals surface area contributed by atoms with Gasteiger partial charge in [-0.15, -0.1) is 0 Å². The van der Waals surface area contributed by atoms with Crippen molar-refractivity contribution in [2.75, 3.05) is 65.4 Å². The van der Waals surface area contributed by atoms with Gasteiger partial charge in [0.05, 0.1) is 44.3 Å². The molecule has 0 aromatic rings. The van der Waals surface area contributed by atoms with E-state index in [1.807, 2.05) is 0 Å². The zero-order chi connectivity index (χ0) is 14.7. The van der Waals surface area contributed by atoms with Gasteiger partial charge in [0.2, 0.25) is 10.0 Å². The maximum Gasteiger partial charge on any atom is 0.211 e. The number of fused-ring (bicyclic) bond motifs is 2. The third-order valence-electron chi connectivity index (χ3n) is 5.32. The molecule has 1 atom stereocenters. The maximum absolute atomic E-state index is 12.0. The molecule has 21 heavy (non-hydrogen) atoms. The second-order valence-electron chi connectivity index (χ2n) is 6.80. The Kier molecular flexibility index (Phi) is 3.33. The minimum atomic E-state index is -3.15. The lowest BCUT2D eigenvalue weighted by atomic mass is 9.82. The van der Waals surface area contributed by atoms with Gasteiger partial charge in [0.1, 0.15) is 0 Å². The van der Waals surface area contributed by atoms with Crippen molar-refractivity contribution in [1.29, 1.82) is 0 Å². The highest BCUT2D eigenvalue weighted by atomic mass is 32.2. The van der Waals surface area contributed by atoms with Crippen molar-refractivity contribution >= 4 is 10.0 Å². The molecular formula is C13H23N3O4S. The van der Waals surface area contributed by atoms with Gasteiger partial charge in [-0.1, -0.05) is 0 Å². The van der Waals surface area contributed by atoms with Gasteiger partial charge in [-0.05, 0) is 0 Å². The van der Waals surface area contributed by atoms with Gasteiger partial charge in [-0.2, -0.15) is 4.31 Å². The van der Waals surface area contributed by atoms with Gasteiger partial charge in [-0.25, -0.2) is 8.42 Å². The van der Waals surface area contributed by atoms with Crippen molar-refractivity contribution in [2.24, 2.45) is 0 Å². The summed E-state index contributed by atoms with van der Waals surface area (Å²) < 4.78 is 36.5. The van der Waals surface area contributed by atoms with E-state index in [1.165, 1.54) is 6.26 Å². The molecule has 0 amide bonds. The Labute approximate surface area is 125 Å². The van der Waals surface area contributed by atoms with E-state index in [0.29, 0.717) is 25.7 Å². The molecule has 0 aromatic heterocycles. The molecule has 0 bridgehead atoms.